The Labute approximate surface area is 165 Å². The summed E-state index contributed by atoms with van der Waals surface area (Å²) in [5.74, 6) is 0.705. The molecule has 27 heavy (non-hydrogen) atoms. The number of rotatable bonds is 3. The topological polar surface area (TPSA) is 51.0 Å². The van der Waals surface area contributed by atoms with E-state index in [1.54, 1.807) is 11.3 Å². The molecule has 4 nitrogen and oxygen atoms in total. The summed E-state index contributed by atoms with van der Waals surface area (Å²) in [6, 6.07) is 14.2. The molecule has 0 unspecified atom stereocenters. The van der Waals surface area contributed by atoms with E-state index < -0.39 is 0 Å². The Balaban J connectivity index is 1.84. The van der Waals surface area contributed by atoms with Crippen molar-refractivity contribution in [3.05, 3.63) is 63.9 Å². The van der Waals surface area contributed by atoms with Crippen molar-refractivity contribution in [3.8, 4) is 10.4 Å². The fraction of sp³-hybridized carbons (Fsp3) is 0.190. The van der Waals surface area contributed by atoms with E-state index in [1.165, 1.54) is 22.4 Å². The largest absolute Gasteiger partial charge is 0.410 e. The van der Waals surface area contributed by atoms with Crippen LogP contribution in [0.1, 0.15) is 24.1 Å². The number of aromatic nitrogens is 2. The third kappa shape index (κ3) is 3.05. The second kappa shape index (κ2) is 6.87. The second-order valence-corrected chi connectivity index (χ2v) is 7.89. The molecular formula is C21H17N3OS2. The maximum absolute atomic E-state index is 5.80. The number of pyridine rings is 1. The Kier molecular flexibility index (Phi) is 4.22. The molecule has 3 aromatic heterocycles. The highest BCUT2D eigenvalue weighted by Gasteiger charge is 2.23. The third-order valence-electron chi connectivity index (χ3n) is 4.87. The standard InChI is InChI=1S/C21H17N3OS2/c26-21-24-19(22-13-7-2-1-3-8-13)18-17(16-11-6-12-27-16)14-9-4-5-10-15(14)23-20(18)25-21/h1-3,6-8,11-12H,4-5,9-10H2,(H,22,24,26). The first kappa shape index (κ1) is 16.6. The maximum Gasteiger partial charge on any atom is 0.292 e. The van der Waals surface area contributed by atoms with Crippen LogP contribution in [0.2, 0.25) is 0 Å². The molecule has 0 atom stereocenters. The Morgan fingerprint density at radius 1 is 1.00 bits per heavy atom. The fourth-order valence-electron chi connectivity index (χ4n) is 3.71. The molecule has 0 fully saturated rings. The quantitative estimate of drug-likeness (QED) is 0.415. The first-order valence-electron chi connectivity index (χ1n) is 9.02. The van der Waals surface area contributed by atoms with Gasteiger partial charge in [-0.05, 0) is 67.0 Å². The highest BCUT2D eigenvalue weighted by Crippen LogP contribution is 2.41. The predicted octanol–water partition coefficient (Wildman–Crippen LogP) is 6.30. The van der Waals surface area contributed by atoms with Gasteiger partial charge in [0.15, 0.2) is 0 Å². The van der Waals surface area contributed by atoms with Crippen LogP contribution in [-0.2, 0) is 12.8 Å². The van der Waals surface area contributed by atoms with Gasteiger partial charge in [0.25, 0.3) is 4.84 Å². The SMILES string of the molecule is S=c1nc(Nc2ccccc2)c2c(-c3cccs3)c3c(nc2o1)CCCC3. The molecule has 1 aliphatic rings. The maximum atomic E-state index is 5.80. The summed E-state index contributed by atoms with van der Waals surface area (Å²) in [5, 5.41) is 6.44. The third-order valence-corrected chi connectivity index (χ3v) is 5.93. The van der Waals surface area contributed by atoms with Crippen LogP contribution in [0.25, 0.3) is 21.5 Å². The van der Waals surface area contributed by atoms with E-state index in [1.807, 2.05) is 30.3 Å². The molecule has 5 rings (SSSR count). The van der Waals surface area contributed by atoms with E-state index in [9.17, 15) is 0 Å². The molecule has 3 heterocycles. The molecule has 0 saturated heterocycles. The van der Waals surface area contributed by atoms with Crippen LogP contribution in [0, 0.1) is 4.84 Å². The van der Waals surface area contributed by atoms with E-state index >= 15 is 0 Å². The van der Waals surface area contributed by atoms with Gasteiger partial charge in [0.1, 0.15) is 5.82 Å². The zero-order valence-corrected chi connectivity index (χ0v) is 16.2. The average Bonchev–Trinajstić information content (AvgIpc) is 3.21. The van der Waals surface area contributed by atoms with Crippen LogP contribution in [0.5, 0.6) is 0 Å². The van der Waals surface area contributed by atoms with Gasteiger partial charge in [0, 0.05) is 21.8 Å². The smallest absolute Gasteiger partial charge is 0.292 e. The summed E-state index contributed by atoms with van der Waals surface area (Å²) in [5.41, 5.74) is 5.17. The van der Waals surface area contributed by atoms with Gasteiger partial charge < -0.3 is 9.73 Å². The van der Waals surface area contributed by atoms with Crippen molar-refractivity contribution in [1.29, 1.82) is 0 Å². The van der Waals surface area contributed by atoms with Gasteiger partial charge >= 0.3 is 0 Å². The van der Waals surface area contributed by atoms with Crippen molar-refractivity contribution < 1.29 is 4.42 Å². The minimum atomic E-state index is 0.196. The van der Waals surface area contributed by atoms with Crippen LogP contribution in [0.4, 0.5) is 11.5 Å². The molecule has 0 radical (unpaired) electrons. The Bertz CT molecular complexity index is 1170. The van der Waals surface area contributed by atoms with Crippen LogP contribution in [0.15, 0.2) is 52.3 Å². The molecule has 0 bridgehead atoms. The van der Waals surface area contributed by atoms with Crippen molar-refractivity contribution in [2.45, 2.75) is 25.7 Å². The van der Waals surface area contributed by atoms with Gasteiger partial charge in [-0.3, -0.25) is 0 Å². The van der Waals surface area contributed by atoms with E-state index in [0.717, 1.165) is 36.0 Å². The first-order valence-corrected chi connectivity index (χ1v) is 10.3. The van der Waals surface area contributed by atoms with E-state index in [4.69, 9.17) is 21.6 Å². The van der Waals surface area contributed by atoms with E-state index in [-0.39, 0.29) is 4.84 Å². The highest BCUT2D eigenvalue weighted by molar-refractivity contribution is 7.71. The molecule has 6 heteroatoms. The highest BCUT2D eigenvalue weighted by atomic mass is 32.1. The first-order chi connectivity index (χ1) is 13.3. The zero-order chi connectivity index (χ0) is 18.2. The normalized spacial score (nSPS) is 13.5. The molecule has 4 aromatic rings. The van der Waals surface area contributed by atoms with Gasteiger partial charge in [0.2, 0.25) is 5.71 Å². The lowest BCUT2D eigenvalue weighted by Crippen LogP contribution is -2.09. The predicted molar refractivity (Wildman–Crippen MR) is 112 cm³/mol. The summed E-state index contributed by atoms with van der Waals surface area (Å²) in [4.78, 5) is 10.8. The minimum absolute atomic E-state index is 0.196. The summed E-state index contributed by atoms with van der Waals surface area (Å²) in [7, 11) is 0. The van der Waals surface area contributed by atoms with Crippen LogP contribution >= 0.6 is 23.6 Å². The van der Waals surface area contributed by atoms with Gasteiger partial charge in [-0.1, -0.05) is 24.3 Å². The van der Waals surface area contributed by atoms with Gasteiger partial charge in [-0.25, -0.2) is 4.98 Å². The number of anilines is 2. The number of thiophene rings is 1. The average molecular weight is 392 g/mol. The summed E-state index contributed by atoms with van der Waals surface area (Å²) >= 11 is 7.02. The minimum Gasteiger partial charge on any atom is -0.410 e. The number of hydrogen-bond acceptors (Lipinski definition) is 6. The van der Waals surface area contributed by atoms with Crippen LogP contribution < -0.4 is 5.32 Å². The molecule has 0 spiro atoms. The zero-order valence-electron chi connectivity index (χ0n) is 14.6. The number of nitrogens with zero attached hydrogens (tertiary/aromatic N) is 2. The molecule has 1 aliphatic carbocycles. The number of hydrogen-bond donors (Lipinski definition) is 1. The van der Waals surface area contributed by atoms with Crippen molar-refractivity contribution in [2.75, 3.05) is 5.32 Å². The summed E-state index contributed by atoms with van der Waals surface area (Å²) < 4.78 is 5.80. The Hall–Kier alpha value is -2.57. The van der Waals surface area contributed by atoms with E-state index in [2.05, 4.69) is 27.8 Å². The van der Waals surface area contributed by atoms with Crippen molar-refractivity contribution in [1.82, 2.24) is 9.97 Å². The Morgan fingerprint density at radius 2 is 1.85 bits per heavy atom. The molecule has 1 aromatic carbocycles. The van der Waals surface area contributed by atoms with Crippen LogP contribution in [0.3, 0.4) is 0 Å². The van der Waals surface area contributed by atoms with Crippen molar-refractivity contribution >= 4 is 46.2 Å². The monoisotopic (exact) mass is 391 g/mol. The number of fused-ring (bicyclic) bond motifs is 2. The molecule has 134 valence electrons. The van der Waals surface area contributed by atoms with Crippen LogP contribution in [-0.4, -0.2) is 9.97 Å². The molecule has 1 N–H and O–H groups in total. The van der Waals surface area contributed by atoms with Crippen molar-refractivity contribution in [3.63, 3.8) is 0 Å². The molecular weight excluding hydrogens is 374 g/mol. The fourth-order valence-corrected chi connectivity index (χ4v) is 4.68. The number of aryl methyl sites for hydroxylation is 1. The lowest BCUT2D eigenvalue weighted by molar-refractivity contribution is 0.545. The summed E-state index contributed by atoms with van der Waals surface area (Å²) in [6.07, 6.45) is 4.36. The molecule has 0 aliphatic heterocycles. The van der Waals surface area contributed by atoms with Gasteiger partial charge in [0.05, 0.1) is 5.39 Å². The van der Waals surface area contributed by atoms with Crippen molar-refractivity contribution in [2.24, 2.45) is 0 Å². The molecule has 0 amide bonds. The summed E-state index contributed by atoms with van der Waals surface area (Å²) in [6.45, 7) is 0. The number of nitrogens with one attached hydrogen (secondary N) is 1. The van der Waals surface area contributed by atoms with E-state index in [0.29, 0.717) is 11.5 Å². The number of benzene rings is 1. The van der Waals surface area contributed by atoms with Gasteiger partial charge in [-0.2, -0.15) is 4.98 Å². The molecule has 0 saturated carbocycles. The lowest BCUT2D eigenvalue weighted by atomic mass is 9.90. The number of para-hydroxylation sites is 1. The lowest BCUT2D eigenvalue weighted by Gasteiger charge is -2.20. The Morgan fingerprint density at radius 3 is 2.67 bits per heavy atom. The second-order valence-electron chi connectivity index (χ2n) is 6.60. The van der Waals surface area contributed by atoms with Gasteiger partial charge in [-0.15, -0.1) is 11.3 Å².